The monoisotopic (exact) mass is 311 g/mol. The van der Waals surface area contributed by atoms with Crippen LogP contribution in [0.15, 0.2) is 24.3 Å². The fourth-order valence-electron chi connectivity index (χ4n) is 2.29. The van der Waals surface area contributed by atoms with E-state index in [1.165, 1.54) is 0 Å². The molecule has 6 heteroatoms. The van der Waals surface area contributed by atoms with E-state index in [1.54, 1.807) is 7.11 Å². The number of nitrogens with zero attached hydrogens (tertiary/aromatic N) is 2. The Morgan fingerprint density at radius 1 is 1.24 bits per heavy atom. The molecule has 0 spiro atoms. The van der Waals surface area contributed by atoms with E-state index in [9.17, 15) is 4.79 Å². The first-order chi connectivity index (χ1) is 10.2. The van der Waals surface area contributed by atoms with Gasteiger partial charge in [-0.1, -0.05) is 23.7 Å². The van der Waals surface area contributed by atoms with E-state index in [1.807, 2.05) is 29.2 Å². The molecule has 0 atom stereocenters. The highest BCUT2D eigenvalue weighted by molar-refractivity contribution is 6.30. The Hall–Kier alpha value is -1.30. The molecule has 0 bridgehead atoms. The van der Waals surface area contributed by atoms with Crippen molar-refractivity contribution in [2.75, 3.05) is 46.4 Å². The van der Waals surface area contributed by atoms with Gasteiger partial charge >= 0.3 is 6.03 Å². The van der Waals surface area contributed by atoms with Crippen LogP contribution in [0.5, 0.6) is 0 Å². The molecule has 5 nitrogen and oxygen atoms in total. The summed E-state index contributed by atoms with van der Waals surface area (Å²) in [7, 11) is 1.71. The molecule has 0 unspecified atom stereocenters. The van der Waals surface area contributed by atoms with Crippen molar-refractivity contribution in [1.82, 2.24) is 15.1 Å². The molecule has 1 fully saturated rings. The van der Waals surface area contributed by atoms with Crippen molar-refractivity contribution in [3.8, 4) is 0 Å². The Morgan fingerprint density at radius 2 is 1.90 bits per heavy atom. The molecule has 0 aromatic heterocycles. The van der Waals surface area contributed by atoms with Crippen molar-refractivity contribution in [2.45, 2.75) is 6.54 Å². The highest BCUT2D eigenvalue weighted by Crippen LogP contribution is 2.09. The molecule has 0 aliphatic carbocycles. The topological polar surface area (TPSA) is 44.8 Å². The van der Waals surface area contributed by atoms with Crippen molar-refractivity contribution >= 4 is 17.6 Å². The van der Waals surface area contributed by atoms with Crippen LogP contribution >= 0.6 is 11.6 Å². The van der Waals surface area contributed by atoms with Gasteiger partial charge in [0.2, 0.25) is 0 Å². The Kier molecular flexibility index (Phi) is 6.29. The summed E-state index contributed by atoms with van der Waals surface area (Å²) in [6, 6.07) is 7.50. The van der Waals surface area contributed by atoms with Gasteiger partial charge in [0, 0.05) is 51.4 Å². The zero-order chi connectivity index (χ0) is 15.1. The maximum Gasteiger partial charge on any atom is 0.317 e. The second kappa shape index (κ2) is 8.22. The Labute approximate surface area is 130 Å². The average Bonchev–Trinajstić information content (AvgIpc) is 2.52. The standard InChI is InChI=1S/C15H22ClN3O2/c1-21-11-10-18-6-8-19(9-7-18)15(20)17-12-13-2-4-14(16)5-3-13/h2-5H,6-12H2,1H3,(H,17,20). The zero-order valence-electron chi connectivity index (χ0n) is 12.3. The lowest BCUT2D eigenvalue weighted by Crippen LogP contribution is -2.52. The summed E-state index contributed by atoms with van der Waals surface area (Å²) in [6.07, 6.45) is 0. The predicted molar refractivity (Wildman–Crippen MR) is 83.6 cm³/mol. The van der Waals surface area contributed by atoms with E-state index in [-0.39, 0.29) is 6.03 Å². The van der Waals surface area contributed by atoms with Crippen LogP contribution in [0.2, 0.25) is 5.02 Å². The van der Waals surface area contributed by atoms with E-state index < -0.39 is 0 Å². The molecule has 0 saturated carbocycles. The van der Waals surface area contributed by atoms with Crippen molar-refractivity contribution in [1.29, 1.82) is 0 Å². The number of rotatable bonds is 5. The maximum absolute atomic E-state index is 12.1. The van der Waals surface area contributed by atoms with Crippen LogP contribution in [-0.4, -0.2) is 62.3 Å². The average molecular weight is 312 g/mol. The molecule has 0 radical (unpaired) electrons. The Balaban J connectivity index is 1.71. The minimum atomic E-state index is -0.00339. The SMILES string of the molecule is COCCN1CCN(C(=O)NCc2ccc(Cl)cc2)CC1. The smallest absolute Gasteiger partial charge is 0.317 e. The maximum atomic E-state index is 12.1. The van der Waals surface area contributed by atoms with Crippen LogP contribution in [0.3, 0.4) is 0 Å². The van der Waals surface area contributed by atoms with Gasteiger partial charge in [0.1, 0.15) is 0 Å². The lowest BCUT2D eigenvalue weighted by atomic mass is 10.2. The molecule has 1 aromatic rings. The minimum absolute atomic E-state index is 0.00339. The fraction of sp³-hybridized carbons (Fsp3) is 0.533. The summed E-state index contributed by atoms with van der Waals surface area (Å²) in [4.78, 5) is 16.3. The first-order valence-electron chi connectivity index (χ1n) is 7.17. The van der Waals surface area contributed by atoms with E-state index in [4.69, 9.17) is 16.3 Å². The quantitative estimate of drug-likeness (QED) is 0.902. The molecule has 1 aromatic carbocycles. The summed E-state index contributed by atoms with van der Waals surface area (Å²) < 4.78 is 5.07. The number of benzene rings is 1. The number of piperazine rings is 1. The van der Waals surface area contributed by atoms with E-state index >= 15 is 0 Å². The second-order valence-electron chi connectivity index (χ2n) is 5.11. The van der Waals surface area contributed by atoms with Gasteiger partial charge in [-0.15, -0.1) is 0 Å². The molecule has 2 rings (SSSR count). The highest BCUT2D eigenvalue weighted by atomic mass is 35.5. The molecular weight excluding hydrogens is 290 g/mol. The van der Waals surface area contributed by atoms with Gasteiger partial charge in [-0.25, -0.2) is 4.79 Å². The number of carbonyl (C=O) groups is 1. The van der Waals surface area contributed by atoms with Crippen molar-refractivity contribution in [2.24, 2.45) is 0 Å². The minimum Gasteiger partial charge on any atom is -0.383 e. The summed E-state index contributed by atoms with van der Waals surface area (Å²) in [5, 5.41) is 3.65. The van der Waals surface area contributed by atoms with Gasteiger partial charge in [0.05, 0.1) is 6.61 Å². The summed E-state index contributed by atoms with van der Waals surface area (Å²) in [5.74, 6) is 0. The number of hydrogen-bond acceptors (Lipinski definition) is 3. The van der Waals surface area contributed by atoms with Crippen molar-refractivity contribution in [3.63, 3.8) is 0 Å². The summed E-state index contributed by atoms with van der Waals surface area (Å²) in [5.41, 5.74) is 1.05. The van der Waals surface area contributed by atoms with Crippen molar-refractivity contribution < 1.29 is 9.53 Å². The molecule has 1 saturated heterocycles. The first-order valence-corrected chi connectivity index (χ1v) is 7.55. The molecule has 1 aliphatic rings. The van der Waals surface area contributed by atoms with E-state index in [0.29, 0.717) is 11.6 Å². The van der Waals surface area contributed by atoms with Crippen LogP contribution in [0, 0.1) is 0 Å². The van der Waals surface area contributed by atoms with Crippen LogP contribution in [0.4, 0.5) is 4.79 Å². The molecule has 1 N–H and O–H groups in total. The third-order valence-corrected chi connectivity index (χ3v) is 3.88. The second-order valence-corrected chi connectivity index (χ2v) is 5.54. The number of amides is 2. The highest BCUT2D eigenvalue weighted by Gasteiger charge is 2.20. The lowest BCUT2D eigenvalue weighted by molar-refractivity contribution is 0.106. The Morgan fingerprint density at radius 3 is 2.52 bits per heavy atom. The van der Waals surface area contributed by atoms with Crippen LogP contribution in [0.25, 0.3) is 0 Å². The summed E-state index contributed by atoms with van der Waals surface area (Å²) in [6.45, 7) is 5.52. The molecule has 1 aliphatic heterocycles. The molecule has 116 valence electrons. The largest absolute Gasteiger partial charge is 0.383 e. The number of methoxy groups -OCH3 is 1. The third kappa shape index (κ3) is 5.19. The van der Waals surface area contributed by atoms with Crippen LogP contribution in [-0.2, 0) is 11.3 Å². The first kappa shape index (κ1) is 16.1. The number of carbonyl (C=O) groups excluding carboxylic acids is 1. The number of hydrogen-bond donors (Lipinski definition) is 1. The van der Waals surface area contributed by atoms with Crippen LogP contribution < -0.4 is 5.32 Å². The lowest BCUT2D eigenvalue weighted by Gasteiger charge is -2.34. The summed E-state index contributed by atoms with van der Waals surface area (Å²) >= 11 is 5.84. The van der Waals surface area contributed by atoms with Gasteiger partial charge in [-0.2, -0.15) is 0 Å². The van der Waals surface area contributed by atoms with Gasteiger partial charge in [-0.05, 0) is 17.7 Å². The van der Waals surface area contributed by atoms with Gasteiger partial charge in [-0.3, -0.25) is 4.90 Å². The third-order valence-electron chi connectivity index (χ3n) is 3.63. The molecular formula is C15H22ClN3O2. The van der Waals surface area contributed by atoms with Gasteiger partial charge in [0.15, 0.2) is 0 Å². The fourth-order valence-corrected chi connectivity index (χ4v) is 2.41. The zero-order valence-corrected chi connectivity index (χ0v) is 13.1. The number of nitrogens with one attached hydrogen (secondary N) is 1. The van der Waals surface area contributed by atoms with Crippen LogP contribution in [0.1, 0.15) is 5.56 Å². The normalized spacial score (nSPS) is 16.0. The predicted octanol–water partition coefficient (Wildman–Crippen LogP) is 1.81. The van der Waals surface area contributed by atoms with Gasteiger partial charge < -0.3 is 15.0 Å². The Bertz CT molecular complexity index is 445. The van der Waals surface area contributed by atoms with Gasteiger partial charge in [0.25, 0.3) is 0 Å². The molecule has 21 heavy (non-hydrogen) atoms. The molecule has 1 heterocycles. The molecule has 2 amide bonds. The van der Waals surface area contributed by atoms with Crippen molar-refractivity contribution in [3.05, 3.63) is 34.9 Å². The van der Waals surface area contributed by atoms with E-state index in [0.717, 1.165) is 44.9 Å². The van der Waals surface area contributed by atoms with E-state index in [2.05, 4.69) is 10.2 Å². The number of halogens is 1. The number of ether oxygens (including phenoxy) is 1. The number of urea groups is 1.